The smallest absolute Gasteiger partial charge is 0.0905 e. The molecule has 0 bridgehead atoms. The molecule has 1 saturated heterocycles. The van der Waals surface area contributed by atoms with Gasteiger partial charge < -0.3 is 9.47 Å². The van der Waals surface area contributed by atoms with Gasteiger partial charge in [0.25, 0.3) is 0 Å². The van der Waals surface area contributed by atoms with Gasteiger partial charge >= 0.3 is 0 Å². The summed E-state index contributed by atoms with van der Waals surface area (Å²) in [4.78, 5) is 0. The van der Waals surface area contributed by atoms with Crippen LogP contribution in [0.5, 0.6) is 0 Å². The van der Waals surface area contributed by atoms with Gasteiger partial charge in [0, 0.05) is 7.11 Å². The highest BCUT2D eigenvalue weighted by atomic mass is 35.5. The Morgan fingerprint density at radius 2 is 2.47 bits per heavy atom. The molecule has 1 aromatic rings. The topological polar surface area (TPSA) is 74.3 Å². The van der Waals surface area contributed by atoms with Crippen molar-refractivity contribution in [1.82, 2.24) is 15.2 Å². The molecule has 0 radical (unpaired) electrons. The summed E-state index contributed by atoms with van der Waals surface area (Å²) in [6.45, 7) is 3.28. The van der Waals surface area contributed by atoms with Gasteiger partial charge in [-0.05, 0) is 19.8 Å². The van der Waals surface area contributed by atoms with Gasteiger partial charge in [-0.3, -0.25) is 10.5 Å². The first kappa shape index (κ1) is 14.7. The molecule has 0 spiro atoms. The molecule has 3 N–H and O–H groups in total. The molecule has 0 aromatic carbocycles. The average molecular weight is 289 g/mol. The van der Waals surface area contributed by atoms with Crippen LogP contribution in [0.15, 0.2) is 6.20 Å². The number of ether oxygens (including phenoxy) is 2. The molecule has 3 atom stereocenters. The number of rotatable bonds is 6. The third kappa shape index (κ3) is 3.27. The third-order valence-corrected chi connectivity index (χ3v) is 3.74. The molecule has 19 heavy (non-hydrogen) atoms. The van der Waals surface area contributed by atoms with Crippen molar-refractivity contribution in [1.29, 1.82) is 0 Å². The van der Waals surface area contributed by atoms with E-state index in [0.29, 0.717) is 18.2 Å². The lowest BCUT2D eigenvalue weighted by Crippen LogP contribution is -2.38. The highest BCUT2D eigenvalue weighted by molar-refractivity contribution is 6.31. The molecular weight excluding hydrogens is 268 g/mol. The quantitative estimate of drug-likeness (QED) is 0.609. The number of aromatic nitrogens is 2. The minimum absolute atomic E-state index is 0.0236. The molecule has 2 rings (SSSR count). The Balaban J connectivity index is 2.19. The van der Waals surface area contributed by atoms with Gasteiger partial charge in [0.1, 0.15) is 0 Å². The molecule has 1 aromatic heterocycles. The lowest BCUT2D eigenvalue weighted by Gasteiger charge is -2.24. The molecule has 0 saturated carbocycles. The van der Waals surface area contributed by atoms with Crippen molar-refractivity contribution >= 4 is 11.6 Å². The van der Waals surface area contributed by atoms with E-state index in [1.165, 1.54) is 0 Å². The zero-order chi connectivity index (χ0) is 13.8. The summed E-state index contributed by atoms with van der Waals surface area (Å²) in [6, 6.07) is -0.156. The molecular formula is C12H21ClN4O2. The van der Waals surface area contributed by atoms with Gasteiger partial charge in [-0.1, -0.05) is 11.6 Å². The van der Waals surface area contributed by atoms with Crippen molar-refractivity contribution < 1.29 is 9.47 Å². The van der Waals surface area contributed by atoms with Crippen LogP contribution < -0.4 is 11.3 Å². The highest BCUT2D eigenvalue weighted by Gasteiger charge is 2.33. The normalized spacial score (nSPS) is 24.8. The molecule has 0 aliphatic carbocycles. The lowest BCUT2D eigenvalue weighted by atomic mass is 10.0. The molecule has 1 aliphatic heterocycles. The largest absolute Gasteiger partial charge is 0.383 e. The maximum Gasteiger partial charge on any atom is 0.0905 e. The summed E-state index contributed by atoms with van der Waals surface area (Å²) in [5.74, 6) is 5.69. The van der Waals surface area contributed by atoms with Crippen LogP contribution in [-0.2, 0) is 16.0 Å². The van der Waals surface area contributed by atoms with Gasteiger partial charge in [0.2, 0.25) is 0 Å². The summed E-state index contributed by atoms with van der Waals surface area (Å²) >= 11 is 6.24. The van der Waals surface area contributed by atoms with Crippen molar-refractivity contribution in [3.05, 3.63) is 16.9 Å². The number of nitrogens with zero attached hydrogens (tertiary/aromatic N) is 2. The summed E-state index contributed by atoms with van der Waals surface area (Å²) in [5.41, 5.74) is 3.67. The van der Waals surface area contributed by atoms with E-state index >= 15 is 0 Å². The van der Waals surface area contributed by atoms with E-state index in [-0.39, 0.29) is 18.2 Å². The van der Waals surface area contributed by atoms with E-state index < -0.39 is 0 Å². The fourth-order valence-electron chi connectivity index (χ4n) is 2.48. The van der Waals surface area contributed by atoms with Crippen molar-refractivity contribution in [2.75, 3.05) is 13.7 Å². The number of halogens is 1. The Bertz CT molecular complexity index is 412. The van der Waals surface area contributed by atoms with E-state index in [2.05, 4.69) is 17.4 Å². The van der Waals surface area contributed by atoms with Crippen molar-refractivity contribution in [2.24, 2.45) is 5.84 Å². The first-order valence-electron chi connectivity index (χ1n) is 6.49. The van der Waals surface area contributed by atoms with Crippen molar-refractivity contribution in [3.63, 3.8) is 0 Å². The highest BCUT2D eigenvalue weighted by Crippen LogP contribution is 2.32. The number of nitrogens with one attached hydrogen (secondary N) is 1. The monoisotopic (exact) mass is 288 g/mol. The standard InChI is InChI=1S/C12H21ClN4O2/c1-8-3-4-10(19-8)11(16-14)12-9(13)7-15-17(12)5-6-18-2/h7-8,10-11,16H,3-6,14H2,1-2H3. The Labute approximate surface area is 118 Å². The van der Waals surface area contributed by atoms with E-state index in [1.807, 2.05) is 4.68 Å². The van der Waals surface area contributed by atoms with Crippen LogP contribution in [0.25, 0.3) is 0 Å². The first-order chi connectivity index (χ1) is 9.17. The van der Waals surface area contributed by atoms with Crippen LogP contribution in [0.2, 0.25) is 5.02 Å². The van der Waals surface area contributed by atoms with Crippen LogP contribution in [0.3, 0.4) is 0 Å². The number of hydrogen-bond donors (Lipinski definition) is 2. The molecule has 7 heteroatoms. The molecule has 108 valence electrons. The summed E-state index contributed by atoms with van der Waals surface area (Å²) in [7, 11) is 1.66. The van der Waals surface area contributed by atoms with E-state index in [1.54, 1.807) is 13.3 Å². The van der Waals surface area contributed by atoms with Crippen LogP contribution in [0, 0.1) is 0 Å². The summed E-state index contributed by atoms with van der Waals surface area (Å²) < 4.78 is 12.8. The second kappa shape index (κ2) is 6.67. The lowest BCUT2D eigenvalue weighted by molar-refractivity contribution is 0.0293. The zero-order valence-electron chi connectivity index (χ0n) is 11.3. The van der Waals surface area contributed by atoms with Crippen LogP contribution >= 0.6 is 11.6 Å². The van der Waals surface area contributed by atoms with E-state index in [4.69, 9.17) is 26.9 Å². The number of methoxy groups -OCH3 is 1. The zero-order valence-corrected chi connectivity index (χ0v) is 12.1. The van der Waals surface area contributed by atoms with Gasteiger partial charge in [0.15, 0.2) is 0 Å². The number of hydrogen-bond acceptors (Lipinski definition) is 5. The summed E-state index contributed by atoms with van der Waals surface area (Å²) in [5, 5.41) is 4.87. The molecule has 0 amide bonds. The minimum atomic E-state index is -0.156. The summed E-state index contributed by atoms with van der Waals surface area (Å²) in [6.07, 6.45) is 3.91. The van der Waals surface area contributed by atoms with Gasteiger partial charge in [-0.25, -0.2) is 5.43 Å². The third-order valence-electron chi connectivity index (χ3n) is 3.45. The predicted molar refractivity (Wildman–Crippen MR) is 72.7 cm³/mol. The van der Waals surface area contributed by atoms with Gasteiger partial charge in [0.05, 0.1) is 48.3 Å². The maximum absolute atomic E-state index is 6.24. The molecule has 1 aliphatic rings. The second-order valence-electron chi connectivity index (χ2n) is 4.80. The Kier molecular flexibility index (Phi) is 5.18. The van der Waals surface area contributed by atoms with Crippen molar-refractivity contribution in [2.45, 2.75) is 44.6 Å². The van der Waals surface area contributed by atoms with Crippen molar-refractivity contribution in [3.8, 4) is 0 Å². The SMILES string of the molecule is COCCn1ncc(Cl)c1C(NN)C1CCC(C)O1. The first-order valence-corrected chi connectivity index (χ1v) is 6.87. The van der Waals surface area contributed by atoms with Crippen LogP contribution in [0.4, 0.5) is 0 Å². The molecule has 1 fully saturated rings. The fraction of sp³-hybridized carbons (Fsp3) is 0.750. The Morgan fingerprint density at radius 3 is 3.05 bits per heavy atom. The molecule has 6 nitrogen and oxygen atoms in total. The van der Waals surface area contributed by atoms with E-state index in [0.717, 1.165) is 18.5 Å². The van der Waals surface area contributed by atoms with Gasteiger partial charge in [-0.15, -0.1) is 0 Å². The minimum Gasteiger partial charge on any atom is -0.383 e. The maximum atomic E-state index is 6.24. The van der Waals surface area contributed by atoms with Crippen LogP contribution in [-0.4, -0.2) is 35.7 Å². The predicted octanol–water partition coefficient (Wildman–Crippen LogP) is 1.25. The Morgan fingerprint density at radius 1 is 1.68 bits per heavy atom. The fourth-order valence-corrected chi connectivity index (χ4v) is 2.74. The average Bonchev–Trinajstić information content (AvgIpc) is 2.97. The van der Waals surface area contributed by atoms with Crippen LogP contribution in [0.1, 0.15) is 31.5 Å². The molecule has 2 heterocycles. The second-order valence-corrected chi connectivity index (χ2v) is 5.21. The molecule has 3 unspecified atom stereocenters. The number of hydrazine groups is 1. The van der Waals surface area contributed by atoms with Gasteiger partial charge in [-0.2, -0.15) is 5.10 Å². The van der Waals surface area contributed by atoms with E-state index in [9.17, 15) is 0 Å². The Hall–Kier alpha value is -0.660. The number of nitrogens with two attached hydrogens (primary N) is 1.